The molecule has 5 nitrogen and oxygen atoms in total. The van der Waals surface area contributed by atoms with Gasteiger partial charge in [0.15, 0.2) is 0 Å². The van der Waals surface area contributed by atoms with Gasteiger partial charge in [-0.05, 0) is 37.3 Å². The number of halogens is 1. The van der Waals surface area contributed by atoms with E-state index in [9.17, 15) is 8.42 Å². The molecule has 0 N–H and O–H groups in total. The summed E-state index contributed by atoms with van der Waals surface area (Å²) >= 11 is 0. The summed E-state index contributed by atoms with van der Waals surface area (Å²) < 4.78 is 24.7. The first-order chi connectivity index (χ1) is 10.0. The quantitative estimate of drug-likeness (QED) is 0.813. The molecule has 1 heterocycles. The van der Waals surface area contributed by atoms with Gasteiger partial charge in [-0.25, -0.2) is 8.42 Å². The number of benzene rings is 1. The van der Waals surface area contributed by atoms with E-state index in [0.29, 0.717) is 12.4 Å². The highest BCUT2D eigenvalue weighted by Crippen LogP contribution is 2.32. The van der Waals surface area contributed by atoms with Crippen molar-refractivity contribution in [1.29, 1.82) is 0 Å². The standard InChI is InChI=1S/C14H16ClN3O2S/c1-2-18-13(16-17-14(18)21(15,19)20)12-8-7-10-5-3-4-6-11(10)9-12/h3-6,12H,2,7-9H2,1H3. The molecule has 1 aliphatic carbocycles. The molecule has 0 radical (unpaired) electrons. The molecule has 1 aromatic heterocycles. The van der Waals surface area contributed by atoms with Gasteiger partial charge in [0.25, 0.3) is 14.2 Å². The van der Waals surface area contributed by atoms with Crippen molar-refractivity contribution in [2.75, 3.05) is 0 Å². The second-order valence-corrected chi connectivity index (χ2v) is 7.69. The van der Waals surface area contributed by atoms with Crippen LogP contribution in [0.1, 0.15) is 36.2 Å². The number of hydrogen-bond donors (Lipinski definition) is 0. The number of fused-ring (bicyclic) bond motifs is 1. The number of hydrogen-bond acceptors (Lipinski definition) is 4. The highest BCUT2D eigenvalue weighted by atomic mass is 35.7. The average Bonchev–Trinajstić information content (AvgIpc) is 2.90. The molecule has 0 fully saturated rings. The van der Waals surface area contributed by atoms with E-state index in [1.807, 2.05) is 19.1 Å². The molecule has 7 heteroatoms. The summed E-state index contributed by atoms with van der Waals surface area (Å²) in [6.07, 6.45) is 2.77. The van der Waals surface area contributed by atoms with Gasteiger partial charge in [0.2, 0.25) is 0 Å². The van der Waals surface area contributed by atoms with Crippen LogP contribution < -0.4 is 0 Å². The van der Waals surface area contributed by atoms with Gasteiger partial charge in [-0.2, -0.15) is 0 Å². The summed E-state index contributed by atoms with van der Waals surface area (Å²) in [4.78, 5) is 0. The first kappa shape index (κ1) is 14.5. The Hall–Kier alpha value is -1.40. The van der Waals surface area contributed by atoms with E-state index in [1.54, 1.807) is 4.57 Å². The summed E-state index contributed by atoms with van der Waals surface area (Å²) in [6.45, 7) is 2.36. The van der Waals surface area contributed by atoms with Crippen LogP contribution in [0.2, 0.25) is 0 Å². The van der Waals surface area contributed by atoms with Crippen molar-refractivity contribution in [2.45, 2.75) is 43.8 Å². The Morgan fingerprint density at radius 3 is 2.67 bits per heavy atom. The van der Waals surface area contributed by atoms with Crippen LogP contribution in [0.25, 0.3) is 0 Å². The van der Waals surface area contributed by atoms with Crippen molar-refractivity contribution in [2.24, 2.45) is 0 Å². The first-order valence-corrected chi connectivity index (χ1v) is 9.26. The molecule has 3 rings (SSSR count). The fourth-order valence-electron chi connectivity index (χ4n) is 3.00. The molecule has 2 aromatic rings. The van der Waals surface area contributed by atoms with Gasteiger partial charge >= 0.3 is 0 Å². The lowest BCUT2D eigenvalue weighted by atomic mass is 9.83. The van der Waals surface area contributed by atoms with Gasteiger partial charge in [-0.15, -0.1) is 10.2 Å². The third-order valence-corrected chi connectivity index (χ3v) is 5.14. The lowest BCUT2D eigenvalue weighted by molar-refractivity contribution is 0.508. The average molecular weight is 326 g/mol. The third kappa shape index (κ3) is 2.70. The predicted octanol–water partition coefficient (Wildman–Crippen LogP) is 2.50. The third-order valence-electron chi connectivity index (χ3n) is 3.99. The van der Waals surface area contributed by atoms with Gasteiger partial charge < -0.3 is 4.57 Å². The molecule has 0 aliphatic heterocycles. The summed E-state index contributed by atoms with van der Waals surface area (Å²) in [5.41, 5.74) is 2.66. The minimum absolute atomic E-state index is 0.152. The first-order valence-electron chi connectivity index (χ1n) is 6.95. The Morgan fingerprint density at radius 2 is 2.00 bits per heavy atom. The maximum absolute atomic E-state index is 11.5. The predicted molar refractivity (Wildman–Crippen MR) is 79.9 cm³/mol. The molecule has 0 spiro atoms. The largest absolute Gasteiger partial charge is 0.301 e. The Morgan fingerprint density at radius 1 is 1.29 bits per heavy atom. The number of nitrogens with zero attached hydrogens (tertiary/aromatic N) is 3. The Labute approximate surface area is 128 Å². The van der Waals surface area contributed by atoms with Crippen LogP contribution in [-0.4, -0.2) is 23.2 Å². The van der Waals surface area contributed by atoms with Gasteiger partial charge in [-0.1, -0.05) is 24.3 Å². The monoisotopic (exact) mass is 325 g/mol. The molecule has 1 atom stereocenters. The van der Waals surface area contributed by atoms with Crippen LogP contribution in [0.3, 0.4) is 0 Å². The van der Waals surface area contributed by atoms with Crippen LogP contribution in [0.4, 0.5) is 0 Å². The minimum atomic E-state index is -3.86. The second-order valence-electron chi connectivity index (χ2n) is 5.23. The topological polar surface area (TPSA) is 64.8 Å². The zero-order chi connectivity index (χ0) is 15.0. The van der Waals surface area contributed by atoms with E-state index < -0.39 is 9.05 Å². The zero-order valence-electron chi connectivity index (χ0n) is 11.7. The zero-order valence-corrected chi connectivity index (χ0v) is 13.2. The van der Waals surface area contributed by atoms with Crippen LogP contribution >= 0.6 is 10.7 Å². The van der Waals surface area contributed by atoms with Crippen molar-refractivity contribution in [1.82, 2.24) is 14.8 Å². The van der Waals surface area contributed by atoms with E-state index in [0.717, 1.165) is 19.3 Å². The van der Waals surface area contributed by atoms with Crippen LogP contribution in [0, 0.1) is 0 Å². The summed E-state index contributed by atoms with van der Waals surface area (Å²) in [5, 5.41) is 7.73. The molecular weight excluding hydrogens is 310 g/mol. The van der Waals surface area contributed by atoms with Gasteiger partial charge in [0.1, 0.15) is 5.82 Å². The molecule has 0 bridgehead atoms. The van der Waals surface area contributed by atoms with Gasteiger partial charge in [0, 0.05) is 23.1 Å². The maximum atomic E-state index is 11.5. The van der Waals surface area contributed by atoms with Crippen molar-refractivity contribution >= 4 is 19.7 Å². The van der Waals surface area contributed by atoms with Crippen LogP contribution in [0.5, 0.6) is 0 Å². The lowest BCUT2D eigenvalue weighted by Crippen LogP contribution is -2.18. The molecule has 1 aromatic carbocycles. The van der Waals surface area contributed by atoms with E-state index in [4.69, 9.17) is 10.7 Å². The molecule has 1 unspecified atom stereocenters. The lowest BCUT2D eigenvalue weighted by Gasteiger charge is -2.24. The Balaban J connectivity index is 1.98. The maximum Gasteiger partial charge on any atom is 0.296 e. The molecule has 0 saturated carbocycles. The van der Waals surface area contributed by atoms with Crippen molar-refractivity contribution in [3.63, 3.8) is 0 Å². The van der Waals surface area contributed by atoms with E-state index in [1.165, 1.54) is 11.1 Å². The van der Waals surface area contributed by atoms with Crippen molar-refractivity contribution in [3.8, 4) is 0 Å². The molecule has 112 valence electrons. The number of aromatic nitrogens is 3. The van der Waals surface area contributed by atoms with Gasteiger partial charge in [0.05, 0.1) is 0 Å². The van der Waals surface area contributed by atoms with Gasteiger partial charge in [-0.3, -0.25) is 0 Å². The smallest absolute Gasteiger partial charge is 0.296 e. The highest BCUT2D eigenvalue weighted by Gasteiger charge is 2.28. The fraction of sp³-hybridized carbons (Fsp3) is 0.429. The highest BCUT2D eigenvalue weighted by molar-refractivity contribution is 8.13. The summed E-state index contributed by atoms with van der Waals surface area (Å²) in [7, 11) is 1.56. The summed E-state index contributed by atoms with van der Waals surface area (Å²) in [6, 6.07) is 8.34. The van der Waals surface area contributed by atoms with Crippen LogP contribution in [-0.2, 0) is 28.4 Å². The molecule has 0 saturated heterocycles. The molecular formula is C14H16ClN3O2S. The Kier molecular flexibility index (Phi) is 3.75. The van der Waals surface area contributed by atoms with Crippen LogP contribution in [0.15, 0.2) is 29.4 Å². The number of rotatable bonds is 3. The molecule has 21 heavy (non-hydrogen) atoms. The van der Waals surface area contributed by atoms with E-state index in [-0.39, 0.29) is 11.1 Å². The van der Waals surface area contributed by atoms with E-state index in [2.05, 4.69) is 22.3 Å². The second kappa shape index (κ2) is 5.42. The normalized spacial score (nSPS) is 18.5. The molecule has 1 aliphatic rings. The van der Waals surface area contributed by atoms with Crippen molar-refractivity contribution < 1.29 is 8.42 Å². The Bertz CT molecular complexity index is 770. The van der Waals surface area contributed by atoms with Crippen molar-refractivity contribution in [3.05, 3.63) is 41.2 Å². The molecule has 0 amide bonds. The minimum Gasteiger partial charge on any atom is -0.301 e. The number of aryl methyl sites for hydroxylation is 1. The fourth-order valence-corrected chi connectivity index (χ4v) is 3.96. The SMILES string of the molecule is CCn1c(C2CCc3ccccc3C2)nnc1S(=O)(=O)Cl. The van der Waals surface area contributed by atoms with E-state index >= 15 is 0 Å². The summed E-state index contributed by atoms with van der Waals surface area (Å²) in [5.74, 6) is 0.894.